The highest BCUT2D eigenvalue weighted by Crippen LogP contribution is 2.44. The van der Waals surface area contributed by atoms with E-state index in [1.165, 1.54) is 76.3 Å². The number of hydrogen-bond acceptors (Lipinski definition) is 10. The molecule has 4 aliphatic heterocycles. The lowest BCUT2D eigenvalue weighted by Gasteiger charge is -2.23. The van der Waals surface area contributed by atoms with Gasteiger partial charge in [-0.25, -0.2) is 15.0 Å². The summed E-state index contributed by atoms with van der Waals surface area (Å²) < 4.78 is 12.3. The van der Waals surface area contributed by atoms with E-state index in [1.54, 1.807) is 45.2 Å². The Labute approximate surface area is 312 Å². The van der Waals surface area contributed by atoms with Crippen molar-refractivity contribution in [2.75, 3.05) is 15.5 Å². The SMILES string of the molecule is C.C1CC2CCC1C2.Cc1cc(F)ncc1[N+](=O)[O-].Cc1cc(N2C3CCC2CC3)ncc1N.Cc1cc(N2C3CCC2CC3)ncc1[N+](=O)[O-].Cl. The minimum Gasteiger partial charge on any atom is -0.397 e. The molecule has 0 spiro atoms. The summed E-state index contributed by atoms with van der Waals surface area (Å²) in [4.78, 5) is 36.7. The summed E-state index contributed by atoms with van der Waals surface area (Å²) in [5.74, 6) is 3.69. The van der Waals surface area contributed by atoms with Crippen molar-refractivity contribution < 1.29 is 14.2 Å². The Balaban J connectivity index is 0.000000159. The molecule has 0 unspecified atom stereocenters. The fraction of sp³-hybridized carbons (Fsp3) is 0.605. The number of aromatic nitrogens is 3. The Hall–Kier alpha value is -4.13. The molecule has 2 saturated carbocycles. The van der Waals surface area contributed by atoms with E-state index >= 15 is 0 Å². The van der Waals surface area contributed by atoms with Crippen molar-refractivity contribution in [2.45, 2.75) is 136 Å². The second kappa shape index (κ2) is 17.6. The van der Waals surface area contributed by atoms with Crippen molar-refractivity contribution in [2.24, 2.45) is 11.8 Å². The summed E-state index contributed by atoms with van der Waals surface area (Å²) in [6.45, 7) is 5.29. The summed E-state index contributed by atoms with van der Waals surface area (Å²) in [6.07, 6.45) is 22.2. The number of rotatable bonds is 4. The molecule has 6 fully saturated rings. The molecule has 0 atom stereocenters. The highest BCUT2D eigenvalue weighted by Gasteiger charge is 2.41. The number of halogens is 2. The number of pyridine rings is 3. The number of hydrogen-bond donors (Lipinski definition) is 1. The molecule has 2 aliphatic carbocycles. The number of nitrogens with two attached hydrogens (primary N) is 1. The molecule has 0 amide bonds. The van der Waals surface area contributed by atoms with Crippen LogP contribution in [0.4, 0.5) is 33.1 Å². The highest BCUT2D eigenvalue weighted by molar-refractivity contribution is 5.85. The molecule has 12 nitrogen and oxygen atoms in total. The van der Waals surface area contributed by atoms with Crippen molar-refractivity contribution >= 4 is 41.1 Å². The maximum Gasteiger partial charge on any atom is 0.290 e. The minimum atomic E-state index is -0.701. The summed E-state index contributed by atoms with van der Waals surface area (Å²) in [7, 11) is 0. The van der Waals surface area contributed by atoms with Gasteiger partial charge in [-0.2, -0.15) is 4.39 Å². The van der Waals surface area contributed by atoms with E-state index in [4.69, 9.17) is 5.73 Å². The smallest absolute Gasteiger partial charge is 0.290 e. The van der Waals surface area contributed by atoms with Gasteiger partial charge in [0.15, 0.2) is 0 Å². The normalized spacial score (nSPS) is 25.5. The van der Waals surface area contributed by atoms with E-state index in [9.17, 15) is 24.6 Å². The molecule has 3 aromatic heterocycles. The second-order valence-electron chi connectivity index (χ2n) is 14.9. The maximum atomic E-state index is 12.3. The molecular weight excluding hydrogens is 687 g/mol. The molecule has 7 heterocycles. The van der Waals surface area contributed by atoms with Crippen LogP contribution in [0.2, 0.25) is 0 Å². The van der Waals surface area contributed by atoms with Crippen LogP contribution in [0, 0.1) is 58.8 Å². The van der Waals surface area contributed by atoms with Crippen LogP contribution in [0.3, 0.4) is 0 Å². The highest BCUT2D eigenvalue weighted by atomic mass is 35.5. The number of fused-ring (bicyclic) bond motifs is 6. The number of nitro groups is 2. The molecule has 4 saturated heterocycles. The standard InChI is InChI=1S/C12H15N3O2.C12H17N3.C7H12.C6H5FN2O2.CH4.ClH/c1-8-6-12(13-7-11(8)15(16)17)14-9-2-3-10(14)5-4-9;1-8-6-12(14-7-11(8)13)15-9-2-3-10(15)5-4-9;1-2-7-4-3-6(1)5-7;1-4-2-6(7)8-3-5(4)9(10)11;;/h6-7,9-10H,2-5H2,1H3;6-7,9-10H,2-5,13H2,1H3;6-7H,1-5H2;2-3H,1H3;1H4;1H. The number of aryl methyl sites for hydroxylation is 3. The third kappa shape index (κ3) is 9.08. The first-order valence-corrected chi connectivity index (χ1v) is 18.1. The second-order valence-corrected chi connectivity index (χ2v) is 14.9. The Bertz CT molecular complexity index is 1660. The van der Waals surface area contributed by atoms with Gasteiger partial charge < -0.3 is 15.5 Å². The number of anilines is 3. The van der Waals surface area contributed by atoms with Gasteiger partial charge in [0.1, 0.15) is 24.0 Å². The van der Waals surface area contributed by atoms with Gasteiger partial charge in [0.05, 0.1) is 21.7 Å². The quantitative estimate of drug-likeness (QED) is 0.155. The predicted molar refractivity (Wildman–Crippen MR) is 206 cm³/mol. The van der Waals surface area contributed by atoms with Gasteiger partial charge in [-0.1, -0.05) is 33.1 Å². The first-order valence-electron chi connectivity index (χ1n) is 18.1. The van der Waals surface area contributed by atoms with E-state index < -0.39 is 10.9 Å². The Morgan fingerprint density at radius 2 is 1.00 bits per heavy atom. The first kappa shape index (κ1) is 40.6. The number of nitrogens with zero attached hydrogens (tertiary/aromatic N) is 7. The van der Waals surface area contributed by atoms with Crippen LogP contribution in [0.15, 0.2) is 36.8 Å². The fourth-order valence-corrected chi connectivity index (χ4v) is 9.01. The molecule has 52 heavy (non-hydrogen) atoms. The zero-order valence-electron chi connectivity index (χ0n) is 29.7. The van der Waals surface area contributed by atoms with E-state index in [0.29, 0.717) is 17.6 Å². The van der Waals surface area contributed by atoms with Crippen molar-refractivity contribution in [1.29, 1.82) is 0 Å². The molecule has 2 N–H and O–H groups in total. The van der Waals surface area contributed by atoms with E-state index in [2.05, 4.69) is 37.7 Å². The lowest BCUT2D eigenvalue weighted by molar-refractivity contribution is -0.385. The molecular formula is C38H54ClFN8O4. The van der Waals surface area contributed by atoms with Crippen molar-refractivity contribution in [3.63, 3.8) is 0 Å². The lowest BCUT2D eigenvalue weighted by atomic mass is 10.0. The van der Waals surface area contributed by atoms with Gasteiger partial charge in [-0.15, -0.1) is 12.4 Å². The van der Waals surface area contributed by atoms with Gasteiger partial charge >= 0.3 is 0 Å². The van der Waals surface area contributed by atoms with Crippen LogP contribution in [0.25, 0.3) is 0 Å². The van der Waals surface area contributed by atoms with Crippen molar-refractivity contribution in [3.8, 4) is 0 Å². The fourth-order valence-electron chi connectivity index (χ4n) is 9.01. The van der Waals surface area contributed by atoms with E-state index in [1.807, 2.05) is 6.07 Å². The molecule has 0 radical (unpaired) electrons. The van der Waals surface area contributed by atoms with Crippen LogP contribution in [0.5, 0.6) is 0 Å². The number of nitrogen functional groups attached to an aromatic ring is 1. The van der Waals surface area contributed by atoms with Crippen molar-refractivity contribution in [3.05, 3.63) is 79.7 Å². The third-order valence-corrected chi connectivity index (χ3v) is 11.7. The molecule has 6 bridgehead atoms. The van der Waals surface area contributed by atoms with Crippen LogP contribution in [-0.2, 0) is 0 Å². The van der Waals surface area contributed by atoms with Gasteiger partial charge in [-0.3, -0.25) is 20.2 Å². The molecule has 0 aromatic carbocycles. The summed E-state index contributed by atoms with van der Waals surface area (Å²) in [5, 5.41) is 20.9. The Morgan fingerprint density at radius 1 is 0.635 bits per heavy atom. The predicted octanol–water partition coefficient (Wildman–Crippen LogP) is 9.22. The molecule has 9 rings (SSSR count). The van der Waals surface area contributed by atoms with Gasteiger partial charge in [-0.05, 0) is 108 Å². The minimum absolute atomic E-state index is 0. The van der Waals surface area contributed by atoms with Crippen LogP contribution in [0.1, 0.15) is 108 Å². The topological polar surface area (TPSA) is 157 Å². The zero-order valence-corrected chi connectivity index (χ0v) is 30.6. The maximum absolute atomic E-state index is 12.3. The van der Waals surface area contributed by atoms with Crippen LogP contribution >= 0.6 is 12.4 Å². The van der Waals surface area contributed by atoms with Gasteiger partial charge in [0, 0.05) is 41.4 Å². The summed E-state index contributed by atoms with van der Waals surface area (Å²) in [5.41, 5.74) is 8.66. The van der Waals surface area contributed by atoms with Crippen LogP contribution < -0.4 is 15.5 Å². The third-order valence-electron chi connectivity index (χ3n) is 11.7. The largest absolute Gasteiger partial charge is 0.397 e. The first-order chi connectivity index (χ1) is 24.0. The molecule has 284 valence electrons. The molecule has 3 aromatic rings. The van der Waals surface area contributed by atoms with Gasteiger partial charge in [0.2, 0.25) is 5.95 Å². The zero-order chi connectivity index (χ0) is 35.5. The molecule has 6 aliphatic rings. The van der Waals surface area contributed by atoms with Gasteiger partial charge in [0.25, 0.3) is 11.4 Å². The Morgan fingerprint density at radius 3 is 1.33 bits per heavy atom. The van der Waals surface area contributed by atoms with Crippen molar-refractivity contribution in [1.82, 2.24) is 15.0 Å². The summed E-state index contributed by atoms with van der Waals surface area (Å²) >= 11 is 0. The average Bonchev–Trinajstić information content (AvgIpc) is 3.96. The van der Waals surface area contributed by atoms with E-state index in [0.717, 1.165) is 47.2 Å². The monoisotopic (exact) mass is 740 g/mol. The molecule has 14 heteroatoms. The Kier molecular flexibility index (Phi) is 13.7. The summed E-state index contributed by atoms with van der Waals surface area (Å²) in [6, 6.07) is 7.71. The lowest BCUT2D eigenvalue weighted by Crippen LogP contribution is -2.28. The average molecular weight is 741 g/mol. The van der Waals surface area contributed by atoms with E-state index in [-0.39, 0.29) is 41.7 Å². The van der Waals surface area contributed by atoms with Crippen LogP contribution in [-0.4, -0.2) is 49.0 Å².